The van der Waals surface area contributed by atoms with Gasteiger partial charge in [0.1, 0.15) is 0 Å². The van der Waals surface area contributed by atoms with E-state index in [9.17, 15) is 14.8 Å². The quantitative estimate of drug-likeness (QED) is 0.686. The van der Waals surface area contributed by atoms with E-state index in [1.54, 1.807) is 0 Å². The molecule has 0 heterocycles. The molecule has 0 aromatic heterocycles. The number of rotatable bonds is 6. The molecule has 1 aromatic carbocycles. The zero-order valence-corrected chi connectivity index (χ0v) is 12.0. The summed E-state index contributed by atoms with van der Waals surface area (Å²) in [6.07, 6.45) is 1.40. The average molecular weight is 275 g/mol. The van der Waals surface area contributed by atoms with Gasteiger partial charge in [0.15, 0.2) is 0 Å². The Labute approximate surface area is 120 Å². The lowest BCUT2D eigenvalue weighted by atomic mass is 9.75. The van der Waals surface area contributed by atoms with Gasteiger partial charge in [0, 0.05) is 5.92 Å². The summed E-state index contributed by atoms with van der Waals surface area (Å²) in [4.78, 5) is 12.2. The van der Waals surface area contributed by atoms with E-state index in [2.05, 4.69) is 5.32 Å². The lowest BCUT2D eigenvalue weighted by molar-refractivity contribution is -0.122. The fourth-order valence-electron chi connectivity index (χ4n) is 2.61. The third kappa shape index (κ3) is 3.84. The topological polar surface area (TPSA) is 69.6 Å². The van der Waals surface area contributed by atoms with Crippen molar-refractivity contribution >= 4 is 13.0 Å². The van der Waals surface area contributed by atoms with Crippen LogP contribution in [0.3, 0.4) is 0 Å². The second-order valence-electron chi connectivity index (χ2n) is 6.02. The smallest absolute Gasteiger partial charge is 0.426 e. The number of carbonyl (C=O) groups excluding carboxylic acids is 1. The lowest BCUT2D eigenvalue weighted by Gasteiger charge is -2.19. The summed E-state index contributed by atoms with van der Waals surface area (Å²) in [5, 5.41) is 21.4. The molecular weight excluding hydrogens is 253 g/mol. The van der Waals surface area contributed by atoms with Gasteiger partial charge in [0.25, 0.3) is 0 Å². The van der Waals surface area contributed by atoms with Crippen molar-refractivity contribution in [1.29, 1.82) is 0 Å². The maximum Gasteiger partial charge on any atom is 0.475 e. The number of hydrogen-bond donors (Lipinski definition) is 3. The second-order valence-corrected chi connectivity index (χ2v) is 6.02. The Bertz CT molecular complexity index is 450. The monoisotopic (exact) mass is 275 g/mol. The highest BCUT2D eigenvalue weighted by molar-refractivity contribution is 6.43. The first kappa shape index (κ1) is 15.1. The van der Waals surface area contributed by atoms with Gasteiger partial charge in [-0.1, -0.05) is 44.2 Å². The van der Waals surface area contributed by atoms with E-state index >= 15 is 0 Å². The standard InChI is InChI=1S/C15H22BNO3/c1-10(2)8-14(16(19)20)17-15(18)13-9-12(13)11-6-4-3-5-7-11/h3-7,10,12-14,19-20H,8-9H2,1-2H3,(H,17,18)/t12-,13+,14-/m0/s1. The molecule has 1 aliphatic carbocycles. The molecule has 0 aliphatic heterocycles. The summed E-state index contributed by atoms with van der Waals surface area (Å²) >= 11 is 0. The molecule has 108 valence electrons. The van der Waals surface area contributed by atoms with Crippen molar-refractivity contribution in [3.8, 4) is 0 Å². The summed E-state index contributed by atoms with van der Waals surface area (Å²) in [6, 6.07) is 9.97. The van der Waals surface area contributed by atoms with Crippen LogP contribution >= 0.6 is 0 Å². The number of benzene rings is 1. The Morgan fingerprint density at radius 2 is 2.00 bits per heavy atom. The van der Waals surface area contributed by atoms with Crippen molar-refractivity contribution < 1.29 is 14.8 Å². The Balaban J connectivity index is 1.90. The minimum Gasteiger partial charge on any atom is -0.426 e. The van der Waals surface area contributed by atoms with Crippen LogP contribution < -0.4 is 5.32 Å². The molecule has 0 saturated heterocycles. The first-order chi connectivity index (χ1) is 9.49. The first-order valence-electron chi connectivity index (χ1n) is 7.20. The van der Waals surface area contributed by atoms with E-state index in [1.807, 2.05) is 44.2 Å². The van der Waals surface area contributed by atoms with E-state index in [1.165, 1.54) is 5.56 Å². The Kier molecular flexibility index (Phi) is 4.84. The van der Waals surface area contributed by atoms with Crippen LogP contribution in [0.2, 0.25) is 0 Å². The first-order valence-corrected chi connectivity index (χ1v) is 7.20. The molecule has 1 amide bonds. The van der Waals surface area contributed by atoms with E-state index in [0.29, 0.717) is 12.3 Å². The third-order valence-electron chi connectivity index (χ3n) is 3.77. The third-order valence-corrected chi connectivity index (χ3v) is 3.77. The molecule has 2 rings (SSSR count). The van der Waals surface area contributed by atoms with Crippen LogP contribution in [0.25, 0.3) is 0 Å². The van der Waals surface area contributed by atoms with Crippen LogP contribution in [0.4, 0.5) is 0 Å². The number of hydrogen-bond acceptors (Lipinski definition) is 3. The van der Waals surface area contributed by atoms with E-state index < -0.39 is 13.1 Å². The highest BCUT2D eigenvalue weighted by atomic mass is 16.4. The molecule has 0 bridgehead atoms. The van der Waals surface area contributed by atoms with Gasteiger partial charge < -0.3 is 15.4 Å². The molecule has 1 fully saturated rings. The Morgan fingerprint density at radius 3 is 2.55 bits per heavy atom. The van der Waals surface area contributed by atoms with Crippen molar-refractivity contribution in [2.75, 3.05) is 0 Å². The van der Waals surface area contributed by atoms with Crippen molar-refractivity contribution in [2.24, 2.45) is 11.8 Å². The van der Waals surface area contributed by atoms with Crippen molar-refractivity contribution in [2.45, 2.75) is 38.5 Å². The molecule has 1 saturated carbocycles. The number of nitrogens with one attached hydrogen (secondary N) is 1. The Hall–Kier alpha value is -1.33. The minimum atomic E-state index is -1.50. The molecular formula is C15H22BNO3. The van der Waals surface area contributed by atoms with Gasteiger partial charge in [-0.25, -0.2) is 0 Å². The molecule has 0 unspecified atom stereocenters. The maximum atomic E-state index is 12.2. The molecule has 4 nitrogen and oxygen atoms in total. The van der Waals surface area contributed by atoms with E-state index in [-0.39, 0.29) is 17.7 Å². The zero-order valence-electron chi connectivity index (χ0n) is 12.0. The summed E-state index contributed by atoms with van der Waals surface area (Å²) in [7, 11) is -1.50. The van der Waals surface area contributed by atoms with Crippen molar-refractivity contribution in [3.63, 3.8) is 0 Å². The van der Waals surface area contributed by atoms with Crippen LogP contribution in [-0.2, 0) is 4.79 Å². The molecule has 3 N–H and O–H groups in total. The fourth-order valence-corrected chi connectivity index (χ4v) is 2.61. The largest absolute Gasteiger partial charge is 0.475 e. The van der Waals surface area contributed by atoms with Crippen molar-refractivity contribution in [3.05, 3.63) is 35.9 Å². The maximum absolute atomic E-state index is 12.2. The fraction of sp³-hybridized carbons (Fsp3) is 0.533. The SMILES string of the molecule is CC(C)C[C@H](NC(=O)[C@@H]1C[C@H]1c1ccccc1)B(O)O. The molecule has 5 heteroatoms. The van der Waals surface area contributed by atoms with Gasteiger partial charge in [-0.05, 0) is 30.2 Å². The minimum absolute atomic E-state index is 0.0363. The molecule has 3 atom stereocenters. The highest BCUT2D eigenvalue weighted by Gasteiger charge is 2.44. The van der Waals surface area contributed by atoms with Gasteiger partial charge in [-0.2, -0.15) is 0 Å². The summed E-state index contributed by atoms with van der Waals surface area (Å²) < 4.78 is 0. The molecule has 0 spiro atoms. The van der Waals surface area contributed by atoms with Crippen LogP contribution in [0.15, 0.2) is 30.3 Å². The molecule has 0 radical (unpaired) electrons. The summed E-state index contributed by atoms with van der Waals surface area (Å²) in [5.41, 5.74) is 1.18. The molecule has 20 heavy (non-hydrogen) atoms. The van der Waals surface area contributed by atoms with Gasteiger partial charge in [0.05, 0.1) is 5.94 Å². The second kappa shape index (κ2) is 6.42. The Morgan fingerprint density at radius 1 is 1.35 bits per heavy atom. The summed E-state index contributed by atoms with van der Waals surface area (Å²) in [6.45, 7) is 3.98. The zero-order chi connectivity index (χ0) is 14.7. The van der Waals surface area contributed by atoms with Crippen LogP contribution in [-0.4, -0.2) is 29.0 Å². The van der Waals surface area contributed by atoms with Gasteiger partial charge >= 0.3 is 7.12 Å². The number of amides is 1. The van der Waals surface area contributed by atoms with Crippen LogP contribution in [0.1, 0.15) is 38.2 Å². The number of carbonyl (C=O) groups is 1. The van der Waals surface area contributed by atoms with E-state index in [4.69, 9.17) is 0 Å². The van der Waals surface area contributed by atoms with Crippen LogP contribution in [0.5, 0.6) is 0 Å². The van der Waals surface area contributed by atoms with E-state index in [0.717, 1.165) is 6.42 Å². The van der Waals surface area contributed by atoms with Crippen LogP contribution in [0, 0.1) is 11.8 Å². The predicted octanol–water partition coefficient (Wildman–Crippen LogP) is 1.33. The highest BCUT2D eigenvalue weighted by Crippen LogP contribution is 2.47. The average Bonchev–Trinajstić information content (AvgIpc) is 3.18. The van der Waals surface area contributed by atoms with Gasteiger partial charge in [-0.15, -0.1) is 0 Å². The molecule has 1 aromatic rings. The van der Waals surface area contributed by atoms with Gasteiger partial charge in [0.2, 0.25) is 5.91 Å². The molecule has 1 aliphatic rings. The van der Waals surface area contributed by atoms with Gasteiger partial charge in [-0.3, -0.25) is 4.79 Å². The summed E-state index contributed by atoms with van der Waals surface area (Å²) in [5.74, 6) is -0.124. The lowest BCUT2D eigenvalue weighted by Crippen LogP contribution is -2.47. The predicted molar refractivity (Wildman–Crippen MR) is 78.9 cm³/mol. The normalized spacial score (nSPS) is 22.4. The van der Waals surface area contributed by atoms with Crippen molar-refractivity contribution in [1.82, 2.24) is 5.32 Å².